The van der Waals surface area contributed by atoms with Crippen LogP contribution in [-0.2, 0) is 23.7 Å². The second-order valence-electron chi connectivity index (χ2n) is 4.79. The summed E-state index contributed by atoms with van der Waals surface area (Å²) in [5.41, 5.74) is 0. The molecule has 0 aromatic heterocycles. The van der Waals surface area contributed by atoms with Gasteiger partial charge in [0.2, 0.25) is 0 Å². The molecule has 1 N–H and O–H groups in total. The summed E-state index contributed by atoms with van der Waals surface area (Å²) in [6, 6.07) is 0. The van der Waals surface area contributed by atoms with Crippen LogP contribution in [0.25, 0.3) is 0 Å². The molecule has 0 amide bonds. The maximum Gasteiger partial charge on any atom is 0.186 e. The third-order valence-electron chi connectivity index (χ3n) is 3.00. The summed E-state index contributed by atoms with van der Waals surface area (Å²) in [5.74, 6) is -0.680. The van der Waals surface area contributed by atoms with Gasteiger partial charge in [-0.1, -0.05) is 0 Å². The SMILES string of the molecule is COC[C@H](O)[C@@H]1O[C@H](OC)[C@H]2OC(C)(C)O[C@H]21. The van der Waals surface area contributed by atoms with Gasteiger partial charge in [0, 0.05) is 14.2 Å². The van der Waals surface area contributed by atoms with Gasteiger partial charge in [-0.2, -0.15) is 0 Å². The van der Waals surface area contributed by atoms with Crippen LogP contribution in [0, 0.1) is 0 Å². The zero-order valence-corrected chi connectivity index (χ0v) is 10.6. The topological polar surface area (TPSA) is 66.4 Å². The van der Waals surface area contributed by atoms with Crippen molar-refractivity contribution in [2.75, 3.05) is 20.8 Å². The molecule has 0 saturated carbocycles. The number of ether oxygens (including phenoxy) is 5. The van der Waals surface area contributed by atoms with E-state index in [1.807, 2.05) is 13.8 Å². The standard InChI is InChI=1S/C11H20O6/c1-11(2)16-8-7(6(12)5-13-3)15-10(14-4)9(8)17-11/h6-10,12H,5H2,1-4H3/t6-,7-,8-,9-,10-/m0/s1. The van der Waals surface area contributed by atoms with Crippen LogP contribution in [-0.4, -0.2) is 62.4 Å². The molecule has 0 aliphatic carbocycles. The Morgan fingerprint density at radius 1 is 1.24 bits per heavy atom. The summed E-state index contributed by atoms with van der Waals surface area (Å²) in [7, 11) is 3.07. The highest BCUT2D eigenvalue weighted by molar-refractivity contribution is 4.97. The molecule has 0 unspecified atom stereocenters. The van der Waals surface area contributed by atoms with Crippen LogP contribution in [0.1, 0.15) is 13.8 Å². The first-order valence-electron chi connectivity index (χ1n) is 5.69. The molecule has 0 aromatic carbocycles. The highest BCUT2D eigenvalue weighted by Crippen LogP contribution is 2.39. The third kappa shape index (κ3) is 2.47. The van der Waals surface area contributed by atoms with Crippen LogP contribution in [0.4, 0.5) is 0 Å². The van der Waals surface area contributed by atoms with Crippen LogP contribution < -0.4 is 0 Å². The maximum absolute atomic E-state index is 9.94. The van der Waals surface area contributed by atoms with Gasteiger partial charge in [-0.3, -0.25) is 0 Å². The van der Waals surface area contributed by atoms with Crippen molar-refractivity contribution in [2.24, 2.45) is 0 Å². The van der Waals surface area contributed by atoms with Crippen molar-refractivity contribution in [3.05, 3.63) is 0 Å². The fraction of sp³-hybridized carbons (Fsp3) is 1.00. The molecular formula is C11H20O6. The molecule has 2 saturated heterocycles. The molecule has 2 rings (SSSR count). The van der Waals surface area contributed by atoms with Crippen LogP contribution >= 0.6 is 0 Å². The lowest BCUT2D eigenvalue weighted by atomic mass is 10.1. The van der Waals surface area contributed by atoms with Crippen molar-refractivity contribution in [3.8, 4) is 0 Å². The molecule has 2 aliphatic rings. The van der Waals surface area contributed by atoms with Gasteiger partial charge in [-0.05, 0) is 13.8 Å². The zero-order chi connectivity index (χ0) is 12.6. The Kier molecular flexibility index (Phi) is 3.72. The summed E-state index contributed by atoms with van der Waals surface area (Å²) < 4.78 is 27.2. The lowest BCUT2D eigenvalue weighted by Gasteiger charge is -2.25. The molecule has 6 nitrogen and oxygen atoms in total. The highest BCUT2D eigenvalue weighted by atomic mass is 16.8. The second-order valence-corrected chi connectivity index (χ2v) is 4.79. The van der Waals surface area contributed by atoms with E-state index in [1.165, 1.54) is 7.11 Å². The molecule has 2 fully saturated rings. The van der Waals surface area contributed by atoms with E-state index in [-0.39, 0.29) is 18.8 Å². The number of aliphatic hydroxyl groups is 1. The van der Waals surface area contributed by atoms with Crippen molar-refractivity contribution >= 4 is 0 Å². The molecule has 0 bridgehead atoms. The van der Waals surface area contributed by atoms with Crippen LogP contribution in [0.15, 0.2) is 0 Å². The van der Waals surface area contributed by atoms with E-state index in [0.717, 1.165) is 0 Å². The van der Waals surface area contributed by atoms with Crippen molar-refractivity contribution < 1.29 is 28.8 Å². The molecule has 2 aliphatic heterocycles. The van der Waals surface area contributed by atoms with Crippen molar-refractivity contribution in [2.45, 2.75) is 50.3 Å². The Hall–Kier alpha value is -0.240. The number of aliphatic hydroxyl groups excluding tert-OH is 1. The van der Waals surface area contributed by atoms with Crippen molar-refractivity contribution in [3.63, 3.8) is 0 Å². The lowest BCUT2D eigenvalue weighted by Crippen LogP contribution is -2.40. The zero-order valence-electron chi connectivity index (χ0n) is 10.6. The monoisotopic (exact) mass is 248 g/mol. The number of fused-ring (bicyclic) bond motifs is 1. The quantitative estimate of drug-likeness (QED) is 0.748. The Balaban J connectivity index is 2.09. The predicted molar refractivity (Wildman–Crippen MR) is 57.4 cm³/mol. The molecule has 0 radical (unpaired) electrons. The first-order valence-corrected chi connectivity index (χ1v) is 5.69. The van der Waals surface area contributed by atoms with Crippen LogP contribution in [0.5, 0.6) is 0 Å². The number of hydrogen-bond acceptors (Lipinski definition) is 6. The van der Waals surface area contributed by atoms with Gasteiger partial charge in [0.1, 0.15) is 24.4 Å². The Morgan fingerprint density at radius 3 is 2.47 bits per heavy atom. The van der Waals surface area contributed by atoms with Gasteiger partial charge in [0.25, 0.3) is 0 Å². The number of hydrogen-bond donors (Lipinski definition) is 1. The third-order valence-corrected chi connectivity index (χ3v) is 3.00. The fourth-order valence-electron chi connectivity index (χ4n) is 2.36. The first-order chi connectivity index (χ1) is 7.98. The van der Waals surface area contributed by atoms with E-state index in [0.29, 0.717) is 0 Å². The summed E-state index contributed by atoms with van der Waals surface area (Å²) >= 11 is 0. The van der Waals surface area contributed by atoms with E-state index < -0.39 is 24.3 Å². The van der Waals surface area contributed by atoms with Crippen LogP contribution in [0.3, 0.4) is 0 Å². The van der Waals surface area contributed by atoms with Gasteiger partial charge in [0.15, 0.2) is 12.1 Å². The summed E-state index contributed by atoms with van der Waals surface area (Å²) in [5, 5.41) is 9.94. The van der Waals surface area contributed by atoms with Gasteiger partial charge < -0.3 is 28.8 Å². The Labute approximate surface area is 101 Å². The highest BCUT2D eigenvalue weighted by Gasteiger charge is 2.57. The van der Waals surface area contributed by atoms with Crippen LogP contribution in [0.2, 0.25) is 0 Å². The minimum atomic E-state index is -0.759. The second kappa shape index (κ2) is 4.79. The number of methoxy groups -OCH3 is 2. The minimum absolute atomic E-state index is 0.189. The van der Waals surface area contributed by atoms with Crippen molar-refractivity contribution in [1.29, 1.82) is 0 Å². The maximum atomic E-state index is 9.94. The molecule has 0 spiro atoms. The van der Waals surface area contributed by atoms with Gasteiger partial charge in [-0.25, -0.2) is 0 Å². The molecule has 0 aromatic rings. The van der Waals surface area contributed by atoms with Gasteiger partial charge >= 0.3 is 0 Å². The lowest BCUT2D eigenvalue weighted by molar-refractivity contribution is -0.238. The fourth-order valence-corrected chi connectivity index (χ4v) is 2.36. The average molecular weight is 248 g/mol. The van der Waals surface area contributed by atoms with Crippen molar-refractivity contribution in [1.82, 2.24) is 0 Å². The summed E-state index contributed by atoms with van der Waals surface area (Å²) in [4.78, 5) is 0. The number of rotatable bonds is 4. The largest absolute Gasteiger partial charge is 0.388 e. The Bertz CT molecular complexity index is 269. The smallest absolute Gasteiger partial charge is 0.186 e. The molecule has 6 heteroatoms. The summed E-state index contributed by atoms with van der Waals surface area (Å²) in [6.45, 7) is 3.85. The van der Waals surface area contributed by atoms with E-state index in [4.69, 9.17) is 23.7 Å². The predicted octanol–water partition coefficient (Wildman–Crippen LogP) is -0.115. The average Bonchev–Trinajstić information content (AvgIpc) is 2.71. The molecule has 2 heterocycles. The van der Waals surface area contributed by atoms with E-state index in [1.54, 1.807) is 7.11 Å². The minimum Gasteiger partial charge on any atom is -0.388 e. The summed E-state index contributed by atoms with van der Waals surface area (Å²) in [6.07, 6.45) is -2.42. The van der Waals surface area contributed by atoms with Gasteiger partial charge in [-0.15, -0.1) is 0 Å². The molecule has 100 valence electrons. The molecule has 5 atom stereocenters. The molecular weight excluding hydrogens is 228 g/mol. The molecule has 17 heavy (non-hydrogen) atoms. The van der Waals surface area contributed by atoms with E-state index in [2.05, 4.69) is 0 Å². The van der Waals surface area contributed by atoms with E-state index >= 15 is 0 Å². The van der Waals surface area contributed by atoms with Gasteiger partial charge in [0.05, 0.1) is 6.61 Å². The normalized spacial score (nSPS) is 41.5. The Morgan fingerprint density at radius 2 is 1.88 bits per heavy atom. The van der Waals surface area contributed by atoms with E-state index in [9.17, 15) is 5.11 Å². The first kappa shape index (κ1) is 13.2.